The van der Waals surface area contributed by atoms with Crippen molar-refractivity contribution < 1.29 is 4.79 Å². The summed E-state index contributed by atoms with van der Waals surface area (Å²) in [7, 11) is 0. The number of halogens is 1. The first-order valence-corrected chi connectivity index (χ1v) is 6.64. The van der Waals surface area contributed by atoms with Crippen LogP contribution in [0.25, 0.3) is 0 Å². The van der Waals surface area contributed by atoms with Crippen LogP contribution in [0.15, 0.2) is 30.5 Å². The predicted octanol–water partition coefficient (Wildman–Crippen LogP) is 1.38. The van der Waals surface area contributed by atoms with Gasteiger partial charge in [-0.1, -0.05) is 28.9 Å². The molecule has 0 saturated heterocycles. The largest absolute Gasteiger partial charge is 0.344 e. The molecular formula is C13H16ClN5O. The molecule has 6 nitrogen and oxygen atoms in total. The number of carbonyl (C=O) groups is 1. The summed E-state index contributed by atoms with van der Waals surface area (Å²) in [6.45, 7) is 2.86. The second kappa shape index (κ2) is 6.49. The SMILES string of the molecule is CC(NC(=O)c1cn(CCN)nn1)c1cccc(Cl)c1. The van der Waals surface area contributed by atoms with E-state index in [4.69, 9.17) is 17.3 Å². The Morgan fingerprint density at radius 1 is 1.55 bits per heavy atom. The van der Waals surface area contributed by atoms with E-state index in [1.54, 1.807) is 16.9 Å². The molecule has 0 aliphatic heterocycles. The van der Waals surface area contributed by atoms with Gasteiger partial charge in [0.1, 0.15) is 0 Å². The molecule has 0 aliphatic rings. The lowest BCUT2D eigenvalue weighted by Crippen LogP contribution is -2.27. The minimum atomic E-state index is -0.277. The number of benzene rings is 1. The molecule has 1 atom stereocenters. The Morgan fingerprint density at radius 2 is 2.35 bits per heavy atom. The van der Waals surface area contributed by atoms with Crippen molar-refractivity contribution in [2.24, 2.45) is 5.73 Å². The Balaban J connectivity index is 2.03. The number of aromatic nitrogens is 3. The maximum atomic E-state index is 12.0. The summed E-state index contributed by atoms with van der Waals surface area (Å²) in [6, 6.07) is 7.19. The average Bonchev–Trinajstić information content (AvgIpc) is 2.88. The van der Waals surface area contributed by atoms with Gasteiger partial charge in [-0.2, -0.15) is 0 Å². The summed E-state index contributed by atoms with van der Waals surface area (Å²) in [4.78, 5) is 12.0. The van der Waals surface area contributed by atoms with Crippen LogP contribution in [-0.2, 0) is 6.54 Å². The fourth-order valence-electron chi connectivity index (χ4n) is 1.77. The van der Waals surface area contributed by atoms with Crippen LogP contribution in [0.4, 0.5) is 0 Å². The zero-order chi connectivity index (χ0) is 14.5. The highest BCUT2D eigenvalue weighted by molar-refractivity contribution is 6.30. The minimum absolute atomic E-state index is 0.166. The minimum Gasteiger partial charge on any atom is -0.344 e. The third-order valence-electron chi connectivity index (χ3n) is 2.83. The number of carbonyl (C=O) groups excluding carboxylic acids is 1. The van der Waals surface area contributed by atoms with Crippen LogP contribution in [0.3, 0.4) is 0 Å². The van der Waals surface area contributed by atoms with Crippen molar-refractivity contribution in [3.05, 3.63) is 46.7 Å². The Bertz CT molecular complexity index is 598. The van der Waals surface area contributed by atoms with E-state index in [2.05, 4.69) is 15.6 Å². The van der Waals surface area contributed by atoms with Crippen LogP contribution in [0.5, 0.6) is 0 Å². The van der Waals surface area contributed by atoms with E-state index < -0.39 is 0 Å². The Hall–Kier alpha value is -1.92. The highest BCUT2D eigenvalue weighted by Gasteiger charge is 2.14. The topological polar surface area (TPSA) is 85.8 Å². The van der Waals surface area contributed by atoms with Crippen molar-refractivity contribution in [3.8, 4) is 0 Å². The standard InChI is InChI=1S/C13H16ClN5O/c1-9(10-3-2-4-11(14)7-10)16-13(20)12-8-19(6-5-15)18-17-12/h2-4,7-9H,5-6,15H2,1H3,(H,16,20). The van der Waals surface area contributed by atoms with Crippen molar-refractivity contribution >= 4 is 17.5 Å². The molecule has 0 bridgehead atoms. The zero-order valence-electron chi connectivity index (χ0n) is 11.1. The van der Waals surface area contributed by atoms with E-state index in [0.29, 0.717) is 18.1 Å². The Kier molecular flexibility index (Phi) is 4.70. The second-order valence-electron chi connectivity index (χ2n) is 4.41. The number of hydrogen-bond donors (Lipinski definition) is 2. The van der Waals surface area contributed by atoms with Crippen molar-refractivity contribution in [1.82, 2.24) is 20.3 Å². The Labute approximate surface area is 121 Å². The normalized spacial score (nSPS) is 12.2. The van der Waals surface area contributed by atoms with Crippen LogP contribution in [-0.4, -0.2) is 27.4 Å². The lowest BCUT2D eigenvalue weighted by atomic mass is 10.1. The van der Waals surface area contributed by atoms with Crippen LogP contribution in [0.2, 0.25) is 5.02 Å². The van der Waals surface area contributed by atoms with Gasteiger partial charge in [0.2, 0.25) is 0 Å². The lowest BCUT2D eigenvalue weighted by molar-refractivity contribution is 0.0934. The molecule has 0 aliphatic carbocycles. The van der Waals surface area contributed by atoms with Gasteiger partial charge < -0.3 is 11.1 Å². The van der Waals surface area contributed by atoms with E-state index in [0.717, 1.165) is 5.56 Å². The van der Waals surface area contributed by atoms with Gasteiger partial charge in [0, 0.05) is 11.6 Å². The molecule has 0 fully saturated rings. The summed E-state index contributed by atoms with van der Waals surface area (Å²) < 4.78 is 1.54. The molecule has 0 saturated carbocycles. The van der Waals surface area contributed by atoms with Gasteiger partial charge in [-0.15, -0.1) is 5.10 Å². The fraction of sp³-hybridized carbons (Fsp3) is 0.308. The first-order valence-electron chi connectivity index (χ1n) is 6.26. The van der Waals surface area contributed by atoms with Gasteiger partial charge in [-0.05, 0) is 24.6 Å². The average molecular weight is 294 g/mol. The first kappa shape index (κ1) is 14.5. The molecule has 20 heavy (non-hydrogen) atoms. The van der Waals surface area contributed by atoms with Crippen molar-refractivity contribution in [3.63, 3.8) is 0 Å². The van der Waals surface area contributed by atoms with Gasteiger partial charge in [0.25, 0.3) is 5.91 Å². The zero-order valence-corrected chi connectivity index (χ0v) is 11.8. The number of rotatable bonds is 5. The van der Waals surface area contributed by atoms with E-state index in [-0.39, 0.29) is 17.6 Å². The van der Waals surface area contributed by atoms with E-state index in [9.17, 15) is 4.79 Å². The molecule has 1 heterocycles. The van der Waals surface area contributed by atoms with Crippen molar-refractivity contribution in [1.29, 1.82) is 0 Å². The molecule has 3 N–H and O–H groups in total. The summed E-state index contributed by atoms with van der Waals surface area (Å²) >= 11 is 5.93. The second-order valence-corrected chi connectivity index (χ2v) is 4.84. The van der Waals surface area contributed by atoms with Gasteiger partial charge >= 0.3 is 0 Å². The third-order valence-corrected chi connectivity index (χ3v) is 3.06. The van der Waals surface area contributed by atoms with Crippen molar-refractivity contribution in [2.75, 3.05) is 6.54 Å². The molecule has 1 amide bonds. The highest BCUT2D eigenvalue weighted by atomic mass is 35.5. The smallest absolute Gasteiger partial charge is 0.273 e. The molecular weight excluding hydrogens is 278 g/mol. The van der Waals surface area contributed by atoms with Gasteiger partial charge in [-0.25, -0.2) is 0 Å². The van der Waals surface area contributed by atoms with Gasteiger partial charge in [0.05, 0.1) is 18.8 Å². The first-order chi connectivity index (χ1) is 9.60. The van der Waals surface area contributed by atoms with E-state index >= 15 is 0 Å². The van der Waals surface area contributed by atoms with Crippen LogP contribution in [0, 0.1) is 0 Å². The quantitative estimate of drug-likeness (QED) is 0.872. The summed E-state index contributed by atoms with van der Waals surface area (Å²) in [5.41, 5.74) is 6.62. The van der Waals surface area contributed by atoms with Crippen LogP contribution >= 0.6 is 11.6 Å². The van der Waals surface area contributed by atoms with E-state index in [1.165, 1.54) is 0 Å². The molecule has 1 unspecified atom stereocenters. The molecule has 1 aromatic heterocycles. The lowest BCUT2D eigenvalue weighted by Gasteiger charge is -2.13. The summed E-state index contributed by atoms with van der Waals surface area (Å²) in [5.74, 6) is -0.277. The fourth-order valence-corrected chi connectivity index (χ4v) is 1.97. The number of amides is 1. The number of nitrogens with two attached hydrogens (primary N) is 1. The molecule has 7 heteroatoms. The summed E-state index contributed by atoms with van der Waals surface area (Å²) in [5, 5.41) is 11.1. The van der Waals surface area contributed by atoms with Crippen molar-refractivity contribution in [2.45, 2.75) is 19.5 Å². The maximum absolute atomic E-state index is 12.0. The van der Waals surface area contributed by atoms with Crippen LogP contribution < -0.4 is 11.1 Å². The molecule has 0 radical (unpaired) electrons. The number of nitrogens with zero attached hydrogens (tertiary/aromatic N) is 3. The van der Waals surface area contributed by atoms with Crippen LogP contribution in [0.1, 0.15) is 29.0 Å². The predicted molar refractivity (Wildman–Crippen MR) is 76.4 cm³/mol. The van der Waals surface area contributed by atoms with Gasteiger partial charge in [-0.3, -0.25) is 9.48 Å². The number of nitrogens with one attached hydrogen (secondary N) is 1. The van der Waals surface area contributed by atoms with Gasteiger partial charge in [0.15, 0.2) is 5.69 Å². The highest BCUT2D eigenvalue weighted by Crippen LogP contribution is 2.17. The molecule has 0 spiro atoms. The summed E-state index contributed by atoms with van der Waals surface area (Å²) in [6.07, 6.45) is 1.58. The molecule has 2 rings (SSSR count). The number of hydrogen-bond acceptors (Lipinski definition) is 4. The molecule has 2 aromatic rings. The molecule has 1 aromatic carbocycles. The third kappa shape index (κ3) is 3.55. The van der Waals surface area contributed by atoms with E-state index in [1.807, 2.05) is 25.1 Å². The monoisotopic (exact) mass is 293 g/mol. The molecule has 106 valence electrons. The Morgan fingerprint density at radius 3 is 3.05 bits per heavy atom. The maximum Gasteiger partial charge on any atom is 0.273 e.